The zero-order chi connectivity index (χ0) is 22.9. The number of anilines is 3. The van der Waals surface area contributed by atoms with Crippen LogP contribution in [0.3, 0.4) is 0 Å². The van der Waals surface area contributed by atoms with Crippen molar-refractivity contribution < 1.29 is 27.2 Å². The number of nitrogens with one attached hydrogen (secondary N) is 2. The summed E-state index contributed by atoms with van der Waals surface area (Å²) in [7, 11) is 1.54. The van der Waals surface area contributed by atoms with Crippen LogP contribution in [0.15, 0.2) is 42.5 Å². The van der Waals surface area contributed by atoms with Crippen molar-refractivity contribution in [1.29, 1.82) is 0 Å². The fourth-order valence-corrected chi connectivity index (χ4v) is 2.78. The van der Waals surface area contributed by atoms with Crippen LogP contribution < -0.4 is 22.1 Å². The van der Waals surface area contributed by atoms with Crippen LogP contribution >= 0.6 is 0 Å². The van der Waals surface area contributed by atoms with E-state index in [9.17, 15) is 27.2 Å². The average molecular weight is 436 g/mol. The lowest BCUT2D eigenvalue weighted by Crippen LogP contribution is -2.20. The van der Waals surface area contributed by atoms with Crippen LogP contribution in [0.5, 0.6) is 0 Å². The van der Waals surface area contributed by atoms with Crippen molar-refractivity contribution in [2.75, 3.05) is 16.4 Å². The van der Waals surface area contributed by atoms with Gasteiger partial charge in [0, 0.05) is 18.3 Å². The summed E-state index contributed by atoms with van der Waals surface area (Å²) >= 11 is 0. The topological polar surface area (TPSA) is 128 Å². The molecule has 0 spiro atoms. The monoisotopic (exact) mass is 436 g/mol. The van der Waals surface area contributed by atoms with Crippen molar-refractivity contribution in [1.82, 2.24) is 9.78 Å². The quantitative estimate of drug-likeness (QED) is 0.466. The number of primary amides is 1. The molecule has 0 unspecified atom stereocenters. The van der Waals surface area contributed by atoms with E-state index in [1.807, 2.05) is 5.32 Å². The number of aryl methyl sites for hydroxylation is 1. The molecule has 0 bridgehead atoms. The zero-order valence-electron chi connectivity index (χ0n) is 15.9. The summed E-state index contributed by atoms with van der Waals surface area (Å²) in [6.07, 6.45) is -4.69. The number of halogens is 4. The molecule has 0 radical (unpaired) electrons. The molecule has 0 fully saturated rings. The predicted molar refractivity (Wildman–Crippen MR) is 106 cm³/mol. The highest BCUT2D eigenvalue weighted by Crippen LogP contribution is 2.32. The maximum Gasteiger partial charge on any atom is 0.416 e. The van der Waals surface area contributed by atoms with E-state index in [2.05, 4.69) is 10.4 Å². The highest BCUT2D eigenvalue weighted by Gasteiger charge is 2.31. The molecular formula is C19H16F4N6O2. The Kier molecular flexibility index (Phi) is 5.56. The van der Waals surface area contributed by atoms with Gasteiger partial charge in [-0.05, 0) is 30.3 Å². The second kappa shape index (κ2) is 7.97. The molecule has 6 N–H and O–H groups in total. The van der Waals surface area contributed by atoms with Gasteiger partial charge in [0.1, 0.15) is 22.9 Å². The SMILES string of the molecule is Cn1nc(-c2ccc(NC(=O)Nc3cc(C(F)(F)F)ccc3F)cc2)c(C(N)=O)c1N. The molecule has 0 saturated heterocycles. The molecule has 1 heterocycles. The first kappa shape index (κ1) is 21.6. The van der Waals surface area contributed by atoms with E-state index in [0.29, 0.717) is 23.8 Å². The first-order valence-corrected chi connectivity index (χ1v) is 8.65. The molecule has 12 heteroatoms. The number of aromatic nitrogens is 2. The Bertz CT molecular complexity index is 1160. The number of nitrogens with zero attached hydrogens (tertiary/aromatic N) is 2. The van der Waals surface area contributed by atoms with Gasteiger partial charge in [0.05, 0.1) is 11.3 Å². The Balaban J connectivity index is 1.76. The molecule has 0 aliphatic rings. The van der Waals surface area contributed by atoms with E-state index in [0.717, 1.165) is 0 Å². The predicted octanol–water partition coefficient (Wildman–Crippen LogP) is 3.57. The fourth-order valence-electron chi connectivity index (χ4n) is 2.78. The summed E-state index contributed by atoms with van der Waals surface area (Å²) in [4.78, 5) is 23.7. The number of alkyl halides is 3. The lowest BCUT2D eigenvalue weighted by Gasteiger charge is -2.12. The first-order valence-electron chi connectivity index (χ1n) is 8.65. The minimum atomic E-state index is -4.69. The number of benzene rings is 2. The molecule has 0 saturated carbocycles. The largest absolute Gasteiger partial charge is 0.416 e. The molecule has 0 aliphatic carbocycles. The summed E-state index contributed by atoms with van der Waals surface area (Å²) in [6.45, 7) is 0. The summed E-state index contributed by atoms with van der Waals surface area (Å²) in [5.74, 6) is -1.69. The number of rotatable bonds is 4. The number of amides is 3. The minimum absolute atomic E-state index is 0.0426. The lowest BCUT2D eigenvalue weighted by molar-refractivity contribution is -0.137. The number of nitrogen functional groups attached to an aromatic ring is 1. The van der Waals surface area contributed by atoms with Crippen LogP contribution in [0.25, 0.3) is 11.3 Å². The molecule has 1 aromatic heterocycles. The smallest absolute Gasteiger partial charge is 0.383 e. The average Bonchev–Trinajstić information content (AvgIpc) is 2.98. The van der Waals surface area contributed by atoms with Crippen LogP contribution in [0, 0.1) is 5.82 Å². The molecule has 0 aliphatic heterocycles. The highest BCUT2D eigenvalue weighted by molar-refractivity contribution is 6.03. The molecule has 2 aromatic carbocycles. The summed E-state index contributed by atoms with van der Waals surface area (Å²) in [5.41, 5.74) is 10.4. The van der Waals surface area contributed by atoms with E-state index in [4.69, 9.17) is 11.5 Å². The Hall–Kier alpha value is -4.09. The first-order chi connectivity index (χ1) is 14.5. The number of carbonyl (C=O) groups excluding carboxylic acids is 2. The maximum absolute atomic E-state index is 13.8. The van der Waals surface area contributed by atoms with Crippen LogP contribution in [0.1, 0.15) is 15.9 Å². The van der Waals surface area contributed by atoms with E-state index < -0.39 is 35.2 Å². The van der Waals surface area contributed by atoms with Crippen LogP contribution in [-0.4, -0.2) is 21.7 Å². The highest BCUT2D eigenvalue weighted by atomic mass is 19.4. The van der Waals surface area contributed by atoms with Crippen molar-refractivity contribution in [3.05, 3.63) is 59.4 Å². The number of hydrogen-bond donors (Lipinski definition) is 4. The summed E-state index contributed by atoms with van der Waals surface area (Å²) < 4.78 is 53.4. The van der Waals surface area contributed by atoms with Gasteiger partial charge in [-0.3, -0.25) is 9.48 Å². The standard InChI is InChI=1S/C19H16F4N6O2/c1-29-16(24)14(17(25)30)15(28-29)9-2-5-11(6-3-9)26-18(31)27-13-8-10(19(21,22)23)4-7-12(13)20/h2-8H,24H2,1H3,(H2,25,30)(H2,26,27,31). The zero-order valence-corrected chi connectivity index (χ0v) is 15.9. The Morgan fingerprint density at radius 1 is 1.06 bits per heavy atom. The van der Waals surface area contributed by atoms with E-state index in [1.54, 1.807) is 7.05 Å². The summed E-state index contributed by atoms with van der Waals surface area (Å²) in [6, 6.07) is 6.67. The van der Waals surface area contributed by atoms with Gasteiger partial charge in [0.2, 0.25) is 0 Å². The number of urea groups is 1. The molecule has 31 heavy (non-hydrogen) atoms. The second-order valence-electron chi connectivity index (χ2n) is 6.45. The van der Waals surface area contributed by atoms with Gasteiger partial charge in [0.15, 0.2) is 0 Å². The third kappa shape index (κ3) is 4.57. The van der Waals surface area contributed by atoms with Gasteiger partial charge >= 0.3 is 12.2 Å². The lowest BCUT2D eigenvalue weighted by atomic mass is 10.1. The van der Waals surface area contributed by atoms with Crippen LogP contribution in [-0.2, 0) is 13.2 Å². The van der Waals surface area contributed by atoms with Gasteiger partial charge in [-0.2, -0.15) is 18.3 Å². The van der Waals surface area contributed by atoms with Crippen molar-refractivity contribution >= 4 is 29.1 Å². The van der Waals surface area contributed by atoms with Gasteiger partial charge in [0.25, 0.3) is 5.91 Å². The van der Waals surface area contributed by atoms with E-state index >= 15 is 0 Å². The maximum atomic E-state index is 13.8. The van der Waals surface area contributed by atoms with Gasteiger partial charge < -0.3 is 22.1 Å². The van der Waals surface area contributed by atoms with Crippen molar-refractivity contribution in [3.8, 4) is 11.3 Å². The Labute approximate surface area is 172 Å². The molecule has 8 nitrogen and oxygen atoms in total. The third-order valence-corrected chi connectivity index (χ3v) is 4.30. The van der Waals surface area contributed by atoms with E-state index in [-0.39, 0.29) is 22.8 Å². The fraction of sp³-hybridized carbons (Fsp3) is 0.105. The Morgan fingerprint density at radius 2 is 1.71 bits per heavy atom. The minimum Gasteiger partial charge on any atom is -0.383 e. The third-order valence-electron chi connectivity index (χ3n) is 4.30. The molecule has 3 aromatic rings. The normalized spacial score (nSPS) is 11.3. The molecule has 3 amide bonds. The molecular weight excluding hydrogens is 420 g/mol. The number of nitrogens with two attached hydrogens (primary N) is 2. The van der Waals surface area contributed by atoms with Gasteiger partial charge in [-0.25, -0.2) is 9.18 Å². The van der Waals surface area contributed by atoms with Crippen LogP contribution in [0.4, 0.5) is 39.5 Å². The van der Waals surface area contributed by atoms with E-state index in [1.165, 1.54) is 28.9 Å². The second-order valence-corrected chi connectivity index (χ2v) is 6.45. The van der Waals surface area contributed by atoms with Crippen LogP contribution in [0.2, 0.25) is 0 Å². The van der Waals surface area contributed by atoms with Crippen molar-refractivity contribution in [3.63, 3.8) is 0 Å². The van der Waals surface area contributed by atoms with Gasteiger partial charge in [-0.1, -0.05) is 12.1 Å². The Morgan fingerprint density at radius 3 is 2.29 bits per heavy atom. The number of hydrogen-bond acceptors (Lipinski definition) is 4. The van der Waals surface area contributed by atoms with Crippen molar-refractivity contribution in [2.24, 2.45) is 12.8 Å². The molecule has 3 rings (SSSR count). The molecule has 162 valence electrons. The molecule has 0 atom stereocenters. The van der Waals surface area contributed by atoms with Gasteiger partial charge in [-0.15, -0.1) is 0 Å². The number of carbonyl (C=O) groups is 2. The summed E-state index contributed by atoms with van der Waals surface area (Å²) in [5, 5.41) is 8.55. The van der Waals surface area contributed by atoms with Crippen molar-refractivity contribution in [2.45, 2.75) is 6.18 Å².